The Hall–Kier alpha value is -4.59. The lowest BCUT2D eigenvalue weighted by Gasteiger charge is -2.29. The zero-order valence-corrected chi connectivity index (χ0v) is 20.6. The molecule has 37 heavy (non-hydrogen) atoms. The van der Waals surface area contributed by atoms with Crippen LogP contribution in [0.1, 0.15) is 12.0 Å². The maximum atomic E-state index is 13.6. The molecule has 3 heterocycles. The summed E-state index contributed by atoms with van der Waals surface area (Å²) in [6.45, 7) is 1.75. The average Bonchev–Trinajstić information content (AvgIpc) is 3.34. The van der Waals surface area contributed by atoms with Crippen molar-refractivity contribution in [3.63, 3.8) is 0 Å². The van der Waals surface area contributed by atoms with Gasteiger partial charge in [-0.05, 0) is 54.8 Å². The molecule has 0 unspecified atom stereocenters. The van der Waals surface area contributed by atoms with Gasteiger partial charge in [0.05, 0.1) is 0 Å². The summed E-state index contributed by atoms with van der Waals surface area (Å²) in [5.74, 6) is 2.19. The molecule has 0 spiro atoms. The van der Waals surface area contributed by atoms with E-state index in [1.54, 1.807) is 7.05 Å². The molecule has 3 aromatic carbocycles. The minimum absolute atomic E-state index is 0.291. The molecule has 0 amide bonds. The number of imidazole rings is 1. The zero-order valence-electron chi connectivity index (χ0n) is 20.6. The van der Waals surface area contributed by atoms with Crippen molar-refractivity contribution >= 4 is 22.8 Å². The molecule has 8 heteroatoms. The lowest BCUT2D eigenvalue weighted by atomic mass is 10.1. The van der Waals surface area contributed by atoms with Crippen molar-refractivity contribution in [3.8, 4) is 11.5 Å². The molecule has 1 aliphatic heterocycles. The quantitative estimate of drug-likeness (QED) is 0.349. The van der Waals surface area contributed by atoms with E-state index in [2.05, 4.69) is 4.90 Å². The minimum Gasteiger partial charge on any atom is -0.457 e. The summed E-state index contributed by atoms with van der Waals surface area (Å²) < 4.78 is 10.7. The maximum absolute atomic E-state index is 13.6. The van der Waals surface area contributed by atoms with Crippen LogP contribution in [-0.2, 0) is 26.6 Å². The molecule has 0 N–H and O–H groups in total. The highest BCUT2D eigenvalue weighted by Gasteiger charge is 2.27. The van der Waals surface area contributed by atoms with Crippen LogP contribution in [0.4, 0.5) is 11.6 Å². The molecule has 6 rings (SSSR count). The number of nitrogens with zero attached hydrogens (tertiary/aromatic N) is 5. The van der Waals surface area contributed by atoms with Crippen molar-refractivity contribution in [1.29, 1.82) is 0 Å². The number of anilines is 2. The summed E-state index contributed by atoms with van der Waals surface area (Å²) in [5.41, 5.74) is 2.28. The fraction of sp³-hybridized carbons (Fsp3) is 0.207. The standard InChI is InChI=1S/C29H27N5O3/c1-31-26-25(27(35)34(29(31)36)20-17-21-9-4-2-5-10-21)33-19-8-18-32(28(33)30-26)22-13-15-24(16-14-22)37-23-11-6-3-7-12-23/h2-7,9-16H,8,17-20H2,1H3. The van der Waals surface area contributed by atoms with Gasteiger partial charge in [-0.1, -0.05) is 48.5 Å². The minimum atomic E-state index is -0.349. The summed E-state index contributed by atoms with van der Waals surface area (Å²) in [6.07, 6.45) is 1.46. The van der Waals surface area contributed by atoms with E-state index >= 15 is 0 Å². The van der Waals surface area contributed by atoms with E-state index in [1.165, 1.54) is 9.13 Å². The highest BCUT2D eigenvalue weighted by molar-refractivity contribution is 5.77. The van der Waals surface area contributed by atoms with Gasteiger partial charge in [-0.25, -0.2) is 4.79 Å². The van der Waals surface area contributed by atoms with Crippen LogP contribution >= 0.6 is 0 Å². The fourth-order valence-corrected chi connectivity index (χ4v) is 4.91. The predicted molar refractivity (Wildman–Crippen MR) is 144 cm³/mol. The van der Waals surface area contributed by atoms with Gasteiger partial charge in [-0.3, -0.25) is 13.9 Å². The number of hydrogen-bond acceptors (Lipinski definition) is 5. The molecule has 2 aromatic heterocycles. The van der Waals surface area contributed by atoms with Gasteiger partial charge in [0, 0.05) is 32.4 Å². The number of aryl methyl sites for hydroxylation is 3. The second-order valence-corrected chi connectivity index (χ2v) is 9.18. The van der Waals surface area contributed by atoms with E-state index < -0.39 is 0 Å². The Morgan fingerprint density at radius 1 is 0.838 bits per heavy atom. The SMILES string of the molecule is Cn1c(=O)n(CCc2ccccc2)c(=O)c2c1nc1n2CCCN1c1ccc(Oc2ccccc2)cc1. The first-order valence-corrected chi connectivity index (χ1v) is 12.4. The first-order valence-electron chi connectivity index (χ1n) is 12.4. The van der Waals surface area contributed by atoms with Gasteiger partial charge in [0.15, 0.2) is 11.2 Å². The Morgan fingerprint density at radius 2 is 1.51 bits per heavy atom. The number of fused-ring (bicyclic) bond motifs is 3. The van der Waals surface area contributed by atoms with Gasteiger partial charge in [-0.15, -0.1) is 0 Å². The molecular weight excluding hydrogens is 466 g/mol. The Labute approximate surface area is 213 Å². The molecule has 0 atom stereocenters. The summed E-state index contributed by atoms with van der Waals surface area (Å²) in [4.78, 5) is 33.6. The van der Waals surface area contributed by atoms with Crippen LogP contribution in [0.5, 0.6) is 11.5 Å². The Kier molecular flexibility index (Phi) is 5.84. The van der Waals surface area contributed by atoms with Gasteiger partial charge in [0.1, 0.15) is 11.5 Å². The molecule has 0 bridgehead atoms. The molecular formula is C29H27N5O3. The fourth-order valence-electron chi connectivity index (χ4n) is 4.91. The van der Waals surface area contributed by atoms with Gasteiger partial charge >= 0.3 is 5.69 Å². The largest absolute Gasteiger partial charge is 0.457 e. The number of hydrogen-bond donors (Lipinski definition) is 0. The van der Waals surface area contributed by atoms with Crippen molar-refractivity contribution in [3.05, 3.63) is 111 Å². The zero-order chi connectivity index (χ0) is 25.4. The smallest absolute Gasteiger partial charge is 0.332 e. The molecule has 0 aliphatic carbocycles. The summed E-state index contributed by atoms with van der Waals surface area (Å²) >= 11 is 0. The van der Waals surface area contributed by atoms with E-state index in [4.69, 9.17) is 9.72 Å². The predicted octanol–water partition coefficient (Wildman–Crippen LogP) is 4.47. The van der Waals surface area contributed by atoms with E-state index in [-0.39, 0.29) is 11.2 Å². The van der Waals surface area contributed by atoms with Gasteiger partial charge in [0.2, 0.25) is 5.95 Å². The third-order valence-corrected chi connectivity index (χ3v) is 6.81. The van der Waals surface area contributed by atoms with Crippen LogP contribution < -0.4 is 20.9 Å². The third-order valence-electron chi connectivity index (χ3n) is 6.81. The summed E-state index contributed by atoms with van der Waals surface area (Å²) in [6, 6.07) is 27.4. The van der Waals surface area contributed by atoms with Gasteiger partial charge < -0.3 is 14.2 Å². The molecule has 1 aliphatic rings. The molecule has 186 valence electrons. The monoisotopic (exact) mass is 493 g/mol. The highest BCUT2D eigenvalue weighted by atomic mass is 16.5. The molecule has 0 saturated heterocycles. The second-order valence-electron chi connectivity index (χ2n) is 9.18. The first kappa shape index (κ1) is 22.8. The second kappa shape index (κ2) is 9.46. The van der Waals surface area contributed by atoms with Crippen molar-refractivity contribution in [2.45, 2.75) is 25.9 Å². The number of aromatic nitrogens is 4. The average molecular weight is 494 g/mol. The van der Waals surface area contributed by atoms with Crippen LogP contribution in [0.2, 0.25) is 0 Å². The number of benzene rings is 3. The third kappa shape index (κ3) is 4.20. The normalized spacial score (nSPS) is 13.1. The number of ether oxygens (including phenoxy) is 1. The molecule has 8 nitrogen and oxygen atoms in total. The Bertz CT molecular complexity index is 1670. The van der Waals surface area contributed by atoms with Crippen LogP contribution in [0.3, 0.4) is 0 Å². The van der Waals surface area contributed by atoms with Crippen molar-refractivity contribution in [2.24, 2.45) is 7.05 Å². The number of rotatable bonds is 6. The van der Waals surface area contributed by atoms with Crippen LogP contribution in [0, 0.1) is 0 Å². The van der Waals surface area contributed by atoms with E-state index in [9.17, 15) is 9.59 Å². The molecule has 0 fully saturated rings. The van der Waals surface area contributed by atoms with E-state index in [1.807, 2.05) is 89.5 Å². The van der Waals surface area contributed by atoms with Crippen LogP contribution in [-0.4, -0.2) is 25.2 Å². The first-order chi connectivity index (χ1) is 18.1. The maximum Gasteiger partial charge on any atom is 0.332 e. The van der Waals surface area contributed by atoms with E-state index in [0.717, 1.165) is 35.7 Å². The molecule has 0 saturated carbocycles. The lowest BCUT2D eigenvalue weighted by molar-refractivity contribution is 0.482. The van der Waals surface area contributed by atoms with Gasteiger partial charge in [0.25, 0.3) is 5.56 Å². The van der Waals surface area contributed by atoms with Crippen molar-refractivity contribution in [2.75, 3.05) is 11.4 Å². The molecule has 5 aromatic rings. The Balaban J connectivity index is 1.35. The molecule has 0 radical (unpaired) electrons. The Morgan fingerprint density at radius 3 is 2.24 bits per heavy atom. The van der Waals surface area contributed by atoms with Crippen LogP contribution in [0.25, 0.3) is 11.2 Å². The lowest BCUT2D eigenvalue weighted by Crippen LogP contribution is -2.40. The van der Waals surface area contributed by atoms with Crippen molar-refractivity contribution in [1.82, 2.24) is 18.7 Å². The highest BCUT2D eigenvalue weighted by Crippen LogP contribution is 2.32. The van der Waals surface area contributed by atoms with Crippen molar-refractivity contribution < 1.29 is 4.74 Å². The van der Waals surface area contributed by atoms with E-state index in [0.29, 0.717) is 36.6 Å². The number of para-hydroxylation sites is 1. The van der Waals surface area contributed by atoms with Crippen LogP contribution in [0.15, 0.2) is 94.5 Å². The van der Waals surface area contributed by atoms with Gasteiger partial charge in [-0.2, -0.15) is 4.98 Å². The topological polar surface area (TPSA) is 74.3 Å². The summed E-state index contributed by atoms with van der Waals surface area (Å²) in [5, 5.41) is 0. The summed E-state index contributed by atoms with van der Waals surface area (Å²) in [7, 11) is 1.68.